The second-order valence-electron chi connectivity index (χ2n) is 8.06. The predicted octanol–water partition coefficient (Wildman–Crippen LogP) is 5.78. The van der Waals surface area contributed by atoms with Gasteiger partial charge in [0.15, 0.2) is 0 Å². The van der Waals surface area contributed by atoms with Crippen LogP contribution in [0.15, 0.2) is 78.9 Å². The third kappa shape index (κ3) is 7.99. The minimum Gasteiger partial charge on any atom is -0.493 e. The molecule has 32 heavy (non-hydrogen) atoms. The molecule has 0 atom stereocenters. The van der Waals surface area contributed by atoms with Crippen LogP contribution >= 0.6 is 0 Å². The summed E-state index contributed by atoms with van der Waals surface area (Å²) >= 11 is 0. The second kappa shape index (κ2) is 12.4. The molecule has 2 N–H and O–H groups in total. The van der Waals surface area contributed by atoms with E-state index in [1.165, 1.54) is 5.56 Å². The fourth-order valence-electron chi connectivity index (χ4n) is 3.11. The zero-order valence-electron chi connectivity index (χ0n) is 18.8. The van der Waals surface area contributed by atoms with Crippen LogP contribution in [0.25, 0.3) is 0 Å². The third-order valence-electron chi connectivity index (χ3n) is 4.76. The molecule has 0 radical (unpaired) electrons. The highest BCUT2D eigenvalue weighted by atomic mass is 16.5. The van der Waals surface area contributed by atoms with E-state index >= 15 is 0 Å². The Labute approximate surface area is 190 Å². The van der Waals surface area contributed by atoms with Crippen LogP contribution in [0.5, 0.6) is 11.5 Å². The Morgan fingerprint density at radius 1 is 0.875 bits per heavy atom. The Balaban J connectivity index is 1.43. The number of anilines is 2. The fraction of sp³-hybridized carbons (Fsp3) is 0.296. The van der Waals surface area contributed by atoms with Crippen molar-refractivity contribution in [1.29, 1.82) is 0 Å². The van der Waals surface area contributed by atoms with Gasteiger partial charge in [-0.3, -0.25) is 4.79 Å². The Kier molecular flexibility index (Phi) is 8.99. The van der Waals surface area contributed by atoms with Gasteiger partial charge in [0.2, 0.25) is 5.91 Å². The van der Waals surface area contributed by atoms with Crippen molar-refractivity contribution < 1.29 is 14.3 Å². The predicted molar refractivity (Wildman–Crippen MR) is 131 cm³/mol. The van der Waals surface area contributed by atoms with Gasteiger partial charge in [-0.25, -0.2) is 0 Å². The van der Waals surface area contributed by atoms with Crippen molar-refractivity contribution in [3.8, 4) is 11.5 Å². The number of hydrogen-bond donors (Lipinski definition) is 2. The molecule has 0 aliphatic carbocycles. The smallest absolute Gasteiger partial charge is 0.243 e. The highest BCUT2D eigenvalue weighted by molar-refractivity contribution is 5.95. The molecule has 0 fully saturated rings. The van der Waals surface area contributed by atoms with Crippen molar-refractivity contribution in [3.63, 3.8) is 0 Å². The number of nitrogens with one attached hydrogen (secondary N) is 2. The number of carbonyl (C=O) groups excluding carboxylic acids is 1. The van der Waals surface area contributed by atoms with E-state index in [1.54, 1.807) is 0 Å². The van der Waals surface area contributed by atoms with Crippen LogP contribution in [0, 0.1) is 5.92 Å². The van der Waals surface area contributed by atoms with Gasteiger partial charge in [0.1, 0.15) is 11.5 Å². The monoisotopic (exact) mass is 432 g/mol. The molecule has 0 bridgehead atoms. The van der Waals surface area contributed by atoms with Gasteiger partial charge in [-0.05, 0) is 60.7 Å². The zero-order valence-corrected chi connectivity index (χ0v) is 18.8. The van der Waals surface area contributed by atoms with E-state index < -0.39 is 0 Å². The SMILES string of the molecule is CC(C)COc1ccc(NCC(=O)Nc2ccccc2OCCCc2ccccc2)cc1. The molecular weight excluding hydrogens is 400 g/mol. The van der Waals surface area contributed by atoms with Crippen molar-refractivity contribution >= 4 is 17.3 Å². The van der Waals surface area contributed by atoms with E-state index in [0.717, 1.165) is 24.3 Å². The number of benzene rings is 3. The molecule has 0 unspecified atom stereocenters. The molecule has 0 spiro atoms. The fourth-order valence-corrected chi connectivity index (χ4v) is 3.11. The van der Waals surface area contributed by atoms with Crippen LogP contribution in [0.1, 0.15) is 25.8 Å². The largest absolute Gasteiger partial charge is 0.493 e. The van der Waals surface area contributed by atoms with Gasteiger partial charge in [-0.2, -0.15) is 0 Å². The van der Waals surface area contributed by atoms with Crippen molar-refractivity contribution in [3.05, 3.63) is 84.4 Å². The van der Waals surface area contributed by atoms with Crippen molar-refractivity contribution in [2.75, 3.05) is 30.4 Å². The van der Waals surface area contributed by atoms with E-state index in [2.05, 4.69) is 36.6 Å². The summed E-state index contributed by atoms with van der Waals surface area (Å²) < 4.78 is 11.6. The van der Waals surface area contributed by atoms with Crippen LogP contribution < -0.4 is 20.1 Å². The maximum atomic E-state index is 12.4. The summed E-state index contributed by atoms with van der Waals surface area (Å²) in [4.78, 5) is 12.4. The lowest BCUT2D eigenvalue weighted by Gasteiger charge is -2.13. The standard InChI is InChI=1S/C27H32N2O3/c1-21(2)20-32-24-16-14-23(15-17-24)28-19-27(30)29-25-12-6-7-13-26(25)31-18-8-11-22-9-4-3-5-10-22/h3-7,9-10,12-17,21,28H,8,11,18-20H2,1-2H3,(H,29,30). The molecule has 0 aliphatic rings. The molecule has 0 saturated carbocycles. The summed E-state index contributed by atoms with van der Waals surface area (Å²) in [7, 11) is 0. The quantitative estimate of drug-likeness (QED) is 0.356. The van der Waals surface area contributed by atoms with E-state index in [0.29, 0.717) is 30.6 Å². The molecule has 1 amide bonds. The Morgan fingerprint density at radius 2 is 1.59 bits per heavy atom. The van der Waals surface area contributed by atoms with Gasteiger partial charge < -0.3 is 20.1 Å². The molecule has 0 aliphatic heterocycles. The Morgan fingerprint density at radius 3 is 2.34 bits per heavy atom. The summed E-state index contributed by atoms with van der Waals surface area (Å²) in [5.41, 5.74) is 2.84. The maximum Gasteiger partial charge on any atom is 0.243 e. The van der Waals surface area contributed by atoms with Crippen LogP contribution in [0.2, 0.25) is 0 Å². The number of aryl methyl sites for hydroxylation is 1. The third-order valence-corrected chi connectivity index (χ3v) is 4.76. The lowest BCUT2D eigenvalue weighted by molar-refractivity contribution is -0.114. The molecule has 5 heteroatoms. The summed E-state index contributed by atoms with van der Waals surface area (Å²) in [5.74, 6) is 1.85. The minimum absolute atomic E-state index is 0.134. The van der Waals surface area contributed by atoms with E-state index in [9.17, 15) is 4.79 Å². The molecular formula is C27H32N2O3. The van der Waals surface area contributed by atoms with Gasteiger partial charge in [-0.15, -0.1) is 0 Å². The molecule has 0 heterocycles. The first-order valence-corrected chi connectivity index (χ1v) is 11.1. The van der Waals surface area contributed by atoms with Crippen LogP contribution in [0.3, 0.4) is 0 Å². The van der Waals surface area contributed by atoms with Gasteiger partial charge in [-0.1, -0.05) is 56.3 Å². The Bertz CT molecular complexity index is 956. The average molecular weight is 433 g/mol. The highest BCUT2D eigenvalue weighted by Gasteiger charge is 2.08. The first-order valence-electron chi connectivity index (χ1n) is 11.1. The number of para-hydroxylation sites is 2. The number of hydrogen-bond acceptors (Lipinski definition) is 4. The van der Waals surface area contributed by atoms with Gasteiger partial charge >= 0.3 is 0 Å². The lowest BCUT2D eigenvalue weighted by atomic mass is 10.1. The molecule has 3 rings (SSSR count). The molecule has 3 aromatic carbocycles. The van der Waals surface area contributed by atoms with Gasteiger partial charge in [0.25, 0.3) is 0 Å². The second-order valence-corrected chi connectivity index (χ2v) is 8.06. The summed E-state index contributed by atoms with van der Waals surface area (Å²) in [6, 6.07) is 25.5. The molecule has 168 valence electrons. The topological polar surface area (TPSA) is 59.6 Å². The van der Waals surface area contributed by atoms with Crippen molar-refractivity contribution in [2.45, 2.75) is 26.7 Å². The summed E-state index contributed by atoms with van der Waals surface area (Å²) in [6.45, 7) is 5.66. The summed E-state index contributed by atoms with van der Waals surface area (Å²) in [6.07, 6.45) is 1.87. The Hall–Kier alpha value is -3.47. The van der Waals surface area contributed by atoms with Crippen LogP contribution in [0.4, 0.5) is 11.4 Å². The van der Waals surface area contributed by atoms with Crippen molar-refractivity contribution in [1.82, 2.24) is 0 Å². The lowest BCUT2D eigenvalue weighted by Crippen LogP contribution is -2.22. The molecule has 0 aromatic heterocycles. The zero-order chi connectivity index (χ0) is 22.6. The first kappa shape index (κ1) is 23.2. The number of ether oxygens (including phenoxy) is 2. The van der Waals surface area contributed by atoms with Crippen LogP contribution in [-0.2, 0) is 11.2 Å². The minimum atomic E-state index is -0.134. The number of carbonyl (C=O) groups is 1. The van der Waals surface area contributed by atoms with Crippen LogP contribution in [-0.4, -0.2) is 25.7 Å². The van der Waals surface area contributed by atoms with E-state index in [1.807, 2.05) is 66.7 Å². The normalized spacial score (nSPS) is 10.6. The summed E-state index contributed by atoms with van der Waals surface area (Å²) in [5, 5.41) is 6.07. The first-order chi connectivity index (χ1) is 15.6. The molecule has 5 nitrogen and oxygen atoms in total. The van der Waals surface area contributed by atoms with Crippen molar-refractivity contribution in [2.24, 2.45) is 5.92 Å². The van der Waals surface area contributed by atoms with E-state index in [-0.39, 0.29) is 12.5 Å². The van der Waals surface area contributed by atoms with Gasteiger partial charge in [0.05, 0.1) is 25.4 Å². The molecule has 3 aromatic rings. The number of rotatable bonds is 12. The number of amides is 1. The maximum absolute atomic E-state index is 12.4. The molecule has 0 saturated heterocycles. The van der Waals surface area contributed by atoms with E-state index in [4.69, 9.17) is 9.47 Å². The van der Waals surface area contributed by atoms with Gasteiger partial charge in [0, 0.05) is 5.69 Å². The highest BCUT2D eigenvalue weighted by Crippen LogP contribution is 2.24. The average Bonchev–Trinajstić information content (AvgIpc) is 2.81.